The van der Waals surface area contributed by atoms with Crippen molar-refractivity contribution in [3.63, 3.8) is 0 Å². The van der Waals surface area contributed by atoms with E-state index in [4.69, 9.17) is 10.5 Å². The predicted octanol–water partition coefficient (Wildman–Crippen LogP) is 2.03. The molecule has 5 nitrogen and oxygen atoms in total. The van der Waals surface area contributed by atoms with E-state index in [1.54, 1.807) is 30.3 Å². The van der Waals surface area contributed by atoms with E-state index in [2.05, 4.69) is 4.99 Å². The summed E-state index contributed by atoms with van der Waals surface area (Å²) in [7, 11) is 0. The van der Waals surface area contributed by atoms with Crippen LogP contribution in [0, 0.1) is 0 Å². The molecule has 22 heavy (non-hydrogen) atoms. The molecule has 1 aromatic carbocycles. The van der Waals surface area contributed by atoms with Gasteiger partial charge in [-0.2, -0.15) is 13.2 Å². The van der Waals surface area contributed by atoms with Gasteiger partial charge in [-0.25, -0.2) is 9.79 Å². The average Bonchev–Trinajstić information content (AvgIpc) is 2.46. The molecule has 0 fully saturated rings. The second kappa shape index (κ2) is 6.08. The monoisotopic (exact) mass is 313 g/mol. The first-order chi connectivity index (χ1) is 10.3. The number of nitrogens with zero attached hydrogens (tertiary/aromatic N) is 1. The standard InChI is InChI=1S/C14H14F3N3O2/c1-2-22-12(21)9-10(8-6-4-3-5-7-8)19-13(18)20-11(9)14(15,16)17/h3-7,10H,2H2,1H3,(H3,18,19,20). The highest BCUT2D eigenvalue weighted by molar-refractivity contribution is 5.95. The molecule has 1 heterocycles. The lowest BCUT2D eigenvalue weighted by Gasteiger charge is -2.27. The van der Waals surface area contributed by atoms with Crippen molar-refractivity contribution >= 4 is 11.9 Å². The summed E-state index contributed by atoms with van der Waals surface area (Å²) in [5, 5.41) is 1.93. The van der Waals surface area contributed by atoms with E-state index in [-0.39, 0.29) is 6.61 Å². The molecule has 2 rings (SSSR count). The van der Waals surface area contributed by atoms with E-state index in [0.29, 0.717) is 5.56 Å². The summed E-state index contributed by atoms with van der Waals surface area (Å²) in [6.45, 7) is 1.46. The van der Waals surface area contributed by atoms with Crippen molar-refractivity contribution in [2.75, 3.05) is 6.61 Å². The zero-order valence-corrected chi connectivity index (χ0v) is 11.6. The topological polar surface area (TPSA) is 76.7 Å². The van der Waals surface area contributed by atoms with Crippen LogP contribution in [0.25, 0.3) is 0 Å². The van der Waals surface area contributed by atoms with Crippen molar-refractivity contribution in [3.8, 4) is 0 Å². The van der Waals surface area contributed by atoms with Crippen molar-refractivity contribution in [1.82, 2.24) is 5.32 Å². The lowest BCUT2D eigenvalue weighted by atomic mass is 9.96. The first kappa shape index (κ1) is 15.9. The summed E-state index contributed by atoms with van der Waals surface area (Å²) in [5.41, 5.74) is 4.01. The molecule has 0 spiro atoms. The highest BCUT2D eigenvalue weighted by atomic mass is 19.4. The van der Waals surface area contributed by atoms with E-state index in [1.807, 2.05) is 5.32 Å². The minimum Gasteiger partial charge on any atom is -0.463 e. The number of allylic oxidation sites excluding steroid dienone is 1. The number of carbonyl (C=O) groups is 1. The first-order valence-corrected chi connectivity index (χ1v) is 6.48. The van der Waals surface area contributed by atoms with Crippen LogP contribution in [0.15, 0.2) is 46.6 Å². The molecular weight excluding hydrogens is 299 g/mol. The van der Waals surface area contributed by atoms with Gasteiger partial charge in [-0.3, -0.25) is 0 Å². The van der Waals surface area contributed by atoms with Crippen molar-refractivity contribution in [2.45, 2.75) is 19.1 Å². The number of nitrogens with one attached hydrogen (secondary N) is 1. The van der Waals surface area contributed by atoms with Crippen LogP contribution in [0.3, 0.4) is 0 Å². The van der Waals surface area contributed by atoms with Crippen LogP contribution in [0.1, 0.15) is 18.5 Å². The van der Waals surface area contributed by atoms with Gasteiger partial charge in [0.05, 0.1) is 12.2 Å². The number of halogens is 3. The quantitative estimate of drug-likeness (QED) is 0.837. The number of rotatable bonds is 3. The number of ether oxygens (including phenoxy) is 1. The Balaban J connectivity index is 2.59. The zero-order valence-electron chi connectivity index (χ0n) is 11.6. The molecule has 0 bridgehead atoms. The Hall–Kier alpha value is -2.51. The largest absolute Gasteiger partial charge is 0.463 e. The van der Waals surface area contributed by atoms with Gasteiger partial charge in [0.15, 0.2) is 5.96 Å². The molecule has 1 aromatic rings. The van der Waals surface area contributed by atoms with E-state index in [9.17, 15) is 18.0 Å². The maximum atomic E-state index is 13.2. The molecule has 0 radical (unpaired) electrons. The molecular formula is C14H14F3N3O2. The third-order valence-corrected chi connectivity index (χ3v) is 2.96. The molecule has 0 amide bonds. The zero-order chi connectivity index (χ0) is 16.3. The maximum absolute atomic E-state index is 13.2. The van der Waals surface area contributed by atoms with Gasteiger partial charge in [0.25, 0.3) is 0 Å². The summed E-state index contributed by atoms with van der Waals surface area (Å²) in [6.07, 6.45) is -4.78. The molecule has 118 valence electrons. The SMILES string of the molecule is CCOC(=O)C1=C(C(F)(F)F)NC(N)=NC1c1ccccc1. The summed E-state index contributed by atoms with van der Waals surface area (Å²) < 4.78 is 44.4. The van der Waals surface area contributed by atoms with Crippen molar-refractivity contribution in [1.29, 1.82) is 0 Å². The van der Waals surface area contributed by atoms with Crippen LogP contribution in [0.5, 0.6) is 0 Å². The molecule has 1 aliphatic heterocycles. The Bertz CT molecular complexity index is 624. The Morgan fingerprint density at radius 1 is 1.36 bits per heavy atom. The third-order valence-electron chi connectivity index (χ3n) is 2.96. The van der Waals surface area contributed by atoms with Crippen LogP contribution in [-0.2, 0) is 9.53 Å². The van der Waals surface area contributed by atoms with Crippen LogP contribution in [0.2, 0.25) is 0 Å². The fourth-order valence-electron chi connectivity index (χ4n) is 2.09. The fourth-order valence-corrected chi connectivity index (χ4v) is 2.09. The number of aliphatic imine (C=N–C) groups is 1. The van der Waals surface area contributed by atoms with Gasteiger partial charge in [-0.05, 0) is 12.5 Å². The number of esters is 1. The van der Waals surface area contributed by atoms with Crippen LogP contribution in [0.4, 0.5) is 13.2 Å². The lowest BCUT2D eigenvalue weighted by molar-refractivity contribution is -0.140. The van der Waals surface area contributed by atoms with E-state index in [0.717, 1.165) is 0 Å². The number of nitrogens with two attached hydrogens (primary N) is 1. The first-order valence-electron chi connectivity index (χ1n) is 6.48. The Morgan fingerprint density at radius 2 is 2.00 bits per heavy atom. The molecule has 8 heteroatoms. The molecule has 0 aliphatic carbocycles. The maximum Gasteiger partial charge on any atom is 0.431 e. The van der Waals surface area contributed by atoms with E-state index in [1.165, 1.54) is 6.92 Å². The smallest absolute Gasteiger partial charge is 0.431 e. The molecule has 1 atom stereocenters. The number of hydrogen-bond acceptors (Lipinski definition) is 5. The second-order valence-electron chi connectivity index (χ2n) is 4.46. The van der Waals surface area contributed by atoms with E-state index < -0.39 is 35.4 Å². The molecule has 3 N–H and O–H groups in total. The Kier molecular flexibility index (Phi) is 4.39. The highest BCUT2D eigenvalue weighted by Crippen LogP contribution is 2.37. The van der Waals surface area contributed by atoms with Gasteiger partial charge < -0.3 is 15.8 Å². The minimum absolute atomic E-state index is 0.0474. The molecule has 0 aromatic heterocycles. The van der Waals surface area contributed by atoms with Crippen LogP contribution < -0.4 is 11.1 Å². The minimum atomic E-state index is -4.78. The highest BCUT2D eigenvalue weighted by Gasteiger charge is 2.44. The summed E-state index contributed by atoms with van der Waals surface area (Å²) in [6, 6.07) is 6.95. The molecule has 1 aliphatic rings. The van der Waals surface area contributed by atoms with Gasteiger partial charge in [0.1, 0.15) is 11.7 Å². The summed E-state index contributed by atoms with van der Waals surface area (Å²) >= 11 is 0. The van der Waals surface area contributed by atoms with E-state index >= 15 is 0 Å². The van der Waals surface area contributed by atoms with Crippen molar-refractivity contribution in [2.24, 2.45) is 10.7 Å². The van der Waals surface area contributed by atoms with Gasteiger partial charge in [-0.15, -0.1) is 0 Å². The lowest BCUT2D eigenvalue weighted by Crippen LogP contribution is -2.43. The van der Waals surface area contributed by atoms with Gasteiger partial charge in [0.2, 0.25) is 0 Å². The summed E-state index contributed by atoms with van der Waals surface area (Å²) in [5.74, 6) is -1.48. The number of guanidine groups is 1. The number of benzene rings is 1. The third kappa shape index (κ3) is 3.21. The average molecular weight is 313 g/mol. The van der Waals surface area contributed by atoms with Crippen molar-refractivity contribution < 1.29 is 22.7 Å². The molecule has 1 unspecified atom stereocenters. The van der Waals surface area contributed by atoms with Gasteiger partial charge in [-0.1, -0.05) is 30.3 Å². The molecule has 0 saturated heterocycles. The van der Waals surface area contributed by atoms with Gasteiger partial charge in [0, 0.05) is 0 Å². The van der Waals surface area contributed by atoms with Gasteiger partial charge >= 0.3 is 12.1 Å². The molecule has 0 saturated carbocycles. The Labute approximate surface area is 124 Å². The van der Waals surface area contributed by atoms with Crippen LogP contribution in [-0.4, -0.2) is 24.7 Å². The van der Waals surface area contributed by atoms with Crippen molar-refractivity contribution in [3.05, 3.63) is 47.2 Å². The fraction of sp³-hybridized carbons (Fsp3) is 0.286. The van der Waals surface area contributed by atoms with Crippen LogP contribution >= 0.6 is 0 Å². The number of alkyl halides is 3. The number of hydrogen-bond donors (Lipinski definition) is 2. The predicted molar refractivity (Wildman–Crippen MR) is 73.7 cm³/mol. The Morgan fingerprint density at radius 3 is 2.55 bits per heavy atom. The normalized spacial score (nSPS) is 18.5. The summed E-state index contributed by atoms with van der Waals surface area (Å²) in [4.78, 5) is 15.9. The number of carbonyl (C=O) groups excluding carboxylic acids is 1. The second-order valence-corrected chi connectivity index (χ2v) is 4.46.